The Hall–Kier alpha value is -1.10. The highest BCUT2D eigenvalue weighted by atomic mass is 35.5. The van der Waals surface area contributed by atoms with E-state index >= 15 is 0 Å². The summed E-state index contributed by atoms with van der Waals surface area (Å²) in [5, 5.41) is 3.22. The Bertz CT molecular complexity index is 451. The van der Waals surface area contributed by atoms with Gasteiger partial charge in [-0.2, -0.15) is 15.0 Å². The molecule has 104 valence electrons. The zero-order valence-corrected chi connectivity index (χ0v) is 12.0. The fourth-order valence-corrected chi connectivity index (χ4v) is 3.61. The second-order valence-corrected chi connectivity index (χ2v) is 5.76. The van der Waals surface area contributed by atoms with Crippen LogP contribution in [0.25, 0.3) is 0 Å². The number of rotatable bonds is 2. The summed E-state index contributed by atoms with van der Waals surface area (Å²) in [7, 11) is 1.80. The molecule has 1 saturated heterocycles. The molecule has 6 heteroatoms. The number of hydrogen-bond acceptors (Lipinski definition) is 5. The predicted molar refractivity (Wildman–Crippen MR) is 76.7 cm³/mol. The Morgan fingerprint density at radius 2 is 1.89 bits per heavy atom. The molecule has 0 radical (unpaired) electrons. The minimum absolute atomic E-state index is 0.271. The number of halogens is 1. The van der Waals surface area contributed by atoms with Gasteiger partial charge in [-0.1, -0.05) is 12.8 Å². The highest BCUT2D eigenvalue weighted by Crippen LogP contribution is 2.36. The summed E-state index contributed by atoms with van der Waals surface area (Å²) in [5.74, 6) is 2.09. The molecule has 0 bridgehead atoms. The van der Waals surface area contributed by atoms with Gasteiger partial charge in [-0.15, -0.1) is 0 Å². The zero-order chi connectivity index (χ0) is 13.2. The SMILES string of the molecule is CNc1nc(Cl)nc(N2CCCC3CCCCC32)n1. The van der Waals surface area contributed by atoms with E-state index in [9.17, 15) is 0 Å². The molecule has 2 aliphatic rings. The number of fused-ring (bicyclic) bond motifs is 1. The first kappa shape index (κ1) is 12.9. The van der Waals surface area contributed by atoms with Gasteiger partial charge in [-0.05, 0) is 43.2 Å². The van der Waals surface area contributed by atoms with E-state index in [1.165, 1.54) is 38.5 Å². The van der Waals surface area contributed by atoms with Gasteiger partial charge in [0.1, 0.15) is 0 Å². The second kappa shape index (κ2) is 5.49. The molecule has 2 atom stereocenters. The fraction of sp³-hybridized carbons (Fsp3) is 0.769. The largest absolute Gasteiger partial charge is 0.357 e. The van der Waals surface area contributed by atoms with Crippen molar-refractivity contribution in [2.24, 2.45) is 5.92 Å². The van der Waals surface area contributed by atoms with Crippen molar-refractivity contribution in [2.45, 2.75) is 44.6 Å². The van der Waals surface area contributed by atoms with Crippen LogP contribution in [0.3, 0.4) is 0 Å². The number of hydrogen-bond donors (Lipinski definition) is 1. The average molecular weight is 282 g/mol. The smallest absolute Gasteiger partial charge is 0.231 e. The molecule has 0 aromatic carbocycles. The van der Waals surface area contributed by atoms with Gasteiger partial charge < -0.3 is 10.2 Å². The quantitative estimate of drug-likeness (QED) is 0.903. The van der Waals surface area contributed by atoms with Crippen molar-refractivity contribution >= 4 is 23.5 Å². The molecule has 1 N–H and O–H groups in total. The summed E-state index contributed by atoms with van der Waals surface area (Å²) >= 11 is 5.99. The van der Waals surface area contributed by atoms with Gasteiger partial charge >= 0.3 is 0 Å². The van der Waals surface area contributed by atoms with E-state index in [0.717, 1.165) is 18.4 Å². The van der Waals surface area contributed by atoms with Crippen LogP contribution < -0.4 is 10.2 Å². The van der Waals surface area contributed by atoms with Gasteiger partial charge in [0.05, 0.1) is 0 Å². The number of nitrogens with zero attached hydrogens (tertiary/aromatic N) is 4. The molecule has 1 aromatic heterocycles. The molecule has 1 aromatic rings. The van der Waals surface area contributed by atoms with Crippen LogP contribution in [0.2, 0.25) is 5.28 Å². The zero-order valence-electron chi connectivity index (χ0n) is 11.3. The van der Waals surface area contributed by atoms with E-state index in [-0.39, 0.29) is 5.28 Å². The van der Waals surface area contributed by atoms with Crippen LogP contribution in [0.15, 0.2) is 0 Å². The van der Waals surface area contributed by atoms with Crippen molar-refractivity contribution < 1.29 is 0 Å². The molecule has 2 heterocycles. The lowest BCUT2D eigenvalue weighted by molar-refractivity contribution is 0.241. The fourth-order valence-electron chi connectivity index (χ4n) is 3.45. The predicted octanol–water partition coefficient (Wildman–Crippen LogP) is 2.73. The molecule has 5 nitrogen and oxygen atoms in total. The van der Waals surface area contributed by atoms with Crippen LogP contribution in [0.5, 0.6) is 0 Å². The Morgan fingerprint density at radius 1 is 1.11 bits per heavy atom. The van der Waals surface area contributed by atoms with Crippen LogP contribution in [-0.2, 0) is 0 Å². The first-order valence-corrected chi connectivity index (χ1v) is 7.51. The van der Waals surface area contributed by atoms with Crippen LogP contribution in [-0.4, -0.2) is 34.6 Å². The lowest BCUT2D eigenvalue weighted by Gasteiger charge is -2.44. The topological polar surface area (TPSA) is 53.9 Å². The van der Waals surface area contributed by atoms with Gasteiger partial charge in [-0.25, -0.2) is 0 Å². The van der Waals surface area contributed by atoms with Crippen molar-refractivity contribution in [1.29, 1.82) is 0 Å². The van der Waals surface area contributed by atoms with Crippen LogP contribution in [0.1, 0.15) is 38.5 Å². The van der Waals surface area contributed by atoms with E-state index in [0.29, 0.717) is 12.0 Å². The average Bonchev–Trinajstić information content (AvgIpc) is 2.46. The van der Waals surface area contributed by atoms with Crippen molar-refractivity contribution in [3.05, 3.63) is 5.28 Å². The maximum Gasteiger partial charge on any atom is 0.231 e. The molecular weight excluding hydrogens is 262 g/mol. The highest BCUT2D eigenvalue weighted by Gasteiger charge is 2.34. The summed E-state index contributed by atoms with van der Waals surface area (Å²) in [4.78, 5) is 15.2. The summed E-state index contributed by atoms with van der Waals surface area (Å²) < 4.78 is 0. The normalized spacial score (nSPS) is 26.9. The summed E-state index contributed by atoms with van der Waals surface area (Å²) in [6.45, 7) is 1.03. The van der Waals surface area contributed by atoms with Gasteiger partial charge in [-0.3, -0.25) is 0 Å². The molecule has 0 spiro atoms. The van der Waals surface area contributed by atoms with Crippen molar-refractivity contribution in [3.8, 4) is 0 Å². The van der Waals surface area contributed by atoms with E-state index < -0.39 is 0 Å². The van der Waals surface area contributed by atoms with Gasteiger partial charge in [0.15, 0.2) is 0 Å². The molecule has 1 saturated carbocycles. The minimum Gasteiger partial charge on any atom is -0.357 e. The van der Waals surface area contributed by atoms with Gasteiger partial charge in [0.25, 0.3) is 0 Å². The number of nitrogens with one attached hydrogen (secondary N) is 1. The second-order valence-electron chi connectivity index (χ2n) is 5.43. The first-order valence-electron chi connectivity index (χ1n) is 7.14. The lowest BCUT2D eigenvalue weighted by atomic mass is 9.78. The van der Waals surface area contributed by atoms with Crippen LogP contribution in [0, 0.1) is 5.92 Å². The molecule has 1 aliphatic carbocycles. The number of anilines is 2. The first-order chi connectivity index (χ1) is 9.28. The Balaban J connectivity index is 1.89. The molecule has 1 aliphatic heterocycles. The van der Waals surface area contributed by atoms with E-state index in [1.54, 1.807) is 7.05 Å². The standard InChI is InChI=1S/C13H20ClN5/c1-15-12-16-11(14)17-13(18-12)19-8-4-6-9-5-2-3-7-10(9)19/h9-10H,2-8H2,1H3,(H,15,16,17,18). The lowest BCUT2D eigenvalue weighted by Crippen LogP contribution is -2.47. The summed E-state index contributed by atoms with van der Waals surface area (Å²) in [6.07, 6.45) is 7.85. The van der Waals surface area contributed by atoms with Gasteiger partial charge in [0.2, 0.25) is 17.2 Å². The van der Waals surface area contributed by atoms with Crippen molar-refractivity contribution in [1.82, 2.24) is 15.0 Å². The number of aromatic nitrogens is 3. The van der Waals surface area contributed by atoms with E-state index in [2.05, 4.69) is 25.2 Å². The Kier molecular flexibility index (Phi) is 3.73. The highest BCUT2D eigenvalue weighted by molar-refractivity contribution is 6.28. The summed E-state index contributed by atoms with van der Waals surface area (Å²) in [5.41, 5.74) is 0. The monoisotopic (exact) mass is 281 g/mol. The van der Waals surface area contributed by atoms with Crippen LogP contribution >= 0.6 is 11.6 Å². The minimum atomic E-state index is 0.271. The van der Waals surface area contributed by atoms with Crippen LogP contribution in [0.4, 0.5) is 11.9 Å². The molecule has 0 amide bonds. The van der Waals surface area contributed by atoms with Crippen molar-refractivity contribution in [3.63, 3.8) is 0 Å². The van der Waals surface area contributed by atoms with E-state index in [4.69, 9.17) is 11.6 Å². The Morgan fingerprint density at radius 3 is 2.74 bits per heavy atom. The van der Waals surface area contributed by atoms with Gasteiger partial charge in [0, 0.05) is 19.6 Å². The molecule has 2 fully saturated rings. The molecular formula is C13H20ClN5. The maximum atomic E-state index is 5.99. The molecule has 3 rings (SSSR count). The van der Waals surface area contributed by atoms with E-state index in [1.807, 2.05) is 0 Å². The third-order valence-corrected chi connectivity index (χ3v) is 4.49. The number of piperidine rings is 1. The third kappa shape index (κ3) is 2.61. The maximum absolute atomic E-state index is 5.99. The Labute approximate surface area is 118 Å². The summed E-state index contributed by atoms with van der Waals surface area (Å²) in [6, 6.07) is 0.589. The third-order valence-electron chi connectivity index (χ3n) is 4.32. The molecule has 19 heavy (non-hydrogen) atoms. The molecule has 2 unspecified atom stereocenters. The van der Waals surface area contributed by atoms with Crippen molar-refractivity contribution in [2.75, 3.05) is 23.8 Å².